The van der Waals surface area contributed by atoms with Gasteiger partial charge < -0.3 is 4.74 Å². The van der Waals surface area contributed by atoms with Crippen LogP contribution in [0.5, 0.6) is 0 Å². The largest absolute Gasteiger partial charge is 0.456 e. The van der Waals surface area contributed by atoms with E-state index < -0.39 is 18.8 Å². The number of nitrogens with zero attached hydrogens (tertiary/aromatic N) is 1. The molecule has 0 unspecified atom stereocenters. The summed E-state index contributed by atoms with van der Waals surface area (Å²) < 4.78 is 39.9. The molecule has 3 nitrogen and oxygen atoms in total. The fourth-order valence-corrected chi connectivity index (χ4v) is 2.65. The third-order valence-electron chi connectivity index (χ3n) is 2.38. The average molecular weight is 336 g/mol. The van der Waals surface area contributed by atoms with Gasteiger partial charge in [-0.25, -0.2) is 4.98 Å². The fraction of sp³-hybridized carbons (Fsp3) is 0.231. The minimum absolute atomic E-state index is 0.308. The smallest absolute Gasteiger partial charge is 0.422 e. The predicted molar refractivity (Wildman–Crippen MR) is 73.3 cm³/mol. The number of benzene rings is 1. The summed E-state index contributed by atoms with van der Waals surface area (Å²) in [6, 6.07) is 7.04. The summed E-state index contributed by atoms with van der Waals surface area (Å²) >= 11 is 7.28. The SMILES string of the molecule is O=C(Cc1csc(-c2ccccc2Cl)n1)OCC(F)(F)F. The predicted octanol–water partition coefficient (Wildman–Crippen LogP) is 4.11. The third kappa shape index (κ3) is 4.71. The van der Waals surface area contributed by atoms with E-state index in [1.165, 1.54) is 11.3 Å². The Morgan fingerprint density at radius 1 is 1.33 bits per heavy atom. The number of hydrogen-bond acceptors (Lipinski definition) is 4. The van der Waals surface area contributed by atoms with Crippen LogP contribution in [0.3, 0.4) is 0 Å². The van der Waals surface area contributed by atoms with Crippen molar-refractivity contribution in [1.82, 2.24) is 4.98 Å². The first-order valence-electron chi connectivity index (χ1n) is 5.77. The molecule has 1 heterocycles. The molecule has 21 heavy (non-hydrogen) atoms. The molecule has 2 rings (SSSR count). The Morgan fingerprint density at radius 3 is 2.71 bits per heavy atom. The zero-order chi connectivity index (χ0) is 15.5. The Kier molecular flexibility index (Phi) is 4.84. The van der Waals surface area contributed by atoms with Gasteiger partial charge in [-0.15, -0.1) is 11.3 Å². The molecule has 0 spiro atoms. The highest BCUT2D eigenvalue weighted by molar-refractivity contribution is 7.13. The van der Waals surface area contributed by atoms with E-state index in [2.05, 4.69) is 9.72 Å². The first-order valence-corrected chi connectivity index (χ1v) is 7.02. The molecular weight excluding hydrogens is 327 g/mol. The molecule has 0 amide bonds. The van der Waals surface area contributed by atoms with Crippen LogP contribution in [0.25, 0.3) is 10.6 Å². The van der Waals surface area contributed by atoms with Crippen molar-refractivity contribution < 1.29 is 22.7 Å². The number of carbonyl (C=O) groups excluding carboxylic acids is 1. The Bertz CT molecular complexity index is 642. The van der Waals surface area contributed by atoms with Crippen LogP contribution >= 0.6 is 22.9 Å². The number of carbonyl (C=O) groups is 1. The van der Waals surface area contributed by atoms with Gasteiger partial charge in [0, 0.05) is 10.9 Å². The lowest BCUT2D eigenvalue weighted by Gasteiger charge is -2.06. The lowest BCUT2D eigenvalue weighted by Crippen LogP contribution is -2.21. The molecule has 0 aliphatic rings. The normalized spacial score (nSPS) is 11.4. The second kappa shape index (κ2) is 6.44. The quantitative estimate of drug-likeness (QED) is 0.789. The van der Waals surface area contributed by atoms with Gasteiger partial charge in [0.1, 0.15) is 5.01 Å². The molecule has 0 saturated carbocycles. The number of hydrogen-bond donors (Lipinski definition) is 0. The molecule has 112 valence electrons. The maximum absolute atomic E-state index is 11.9. The second-order valence-corrected chi connectivity index (χ2v) is 5.34. The summed E-state index contributed by atoms with van der Waals surface area (Å²) in [6.07, 6.45) is -4.84. The van der Waals surface area contributed by atoms with Crippen LogP contribution in [-0.2, 0) is 16.0 Å². The van der Waals surface area contributed by atoms with Crippen molar-refractivity contribution in [2.45, 2.75) is 12.6 Å². The topological polar surface area (TPSA) is 39.2 Å². The lowest BCUT2D eigenvalue weighted by atomic mass is 10.2. The Morgan fingerprint density at radius 2 is 2.05 bits per heavy atom. The van der Waals surface area contributed by atoms with Crippen molar-refractivity contribution >= 4 is 28.9 Å². The van der Waals surface area contributed by atoms with Crippen LogP contribution in [0.4, 0.5) is 13.2 Å². The Hall–Kier alpha value is -1.60. The second-order valence-electron chi connectivity index (χ2n) is 4.08. The number of halogens is 4. The maximum atomic E-state index is 11.9. The van der Waals surface area contributed by atoms with Crippen molar-refractivity contribution in [3.63, 3.8) is 0 Å². The molecule has 0 fully saturated rings. The van der Waals surface area contributed by atoms with Gasteiger partial charge in [-0.1, -0.05) is 29.8 Å². The number of rotatable bonds is 4. The van der Waals surface area contributed by atoms with Crippen molar-refractivity contribution in [3.8, 4) is 10.6 Å². The number of thiazole rings is 1. The van der Waals surface area contributed by atoms with Crippen LogP contribution in [0, 0.1) is 0 Å². The van der Waals surface area contributed by atoms with Gasteiger partial charge in [-0.3, -0.25) is 4.79 Å². The van der Waals surface area contributed by atoms with Gasteiger partial charge in [-0.05, 0) is 6.07 Å². The maximum Gasteiger partial charge on any atom is 0.422 e. The molecule has 2 aromatic rings. The first-order chi connectivity index (χ1) is 9.85. The Balaban J connectivity index is 2.01. The van der Waals surface area contributed by atoms with E-state index in [-0.39, 0.29) is 6.42 Å². The minimum Gasteiger partial charge on any atom is -0.456 e. The molecule has 0 saturated heterocycles. The zero-order valence-corrected chi connectivity index (χ0v) is 12.1. The molecule has 0 bridgehead atoms. The van der Waals surface area contributed by atoms with Crippen LogP contribution in [0.1, 0.15) is 5.69 Å². The van der Waals surface area contributed by atoms with Crippen LogP contribution in [-0.4, -0.2) is 23.7 Å². The highest BCUT2D eigenvalue weighted by Crippen LogP contribution is 2.30. The number of alkyl halides is 3. The highest BCUT2D eigenvalue weighted by Gasteiger charge is 2.29. The molecule has 0 N–H and O–H groups in total. The fourth-order valence-electron chi connectivity index (χ4n) is 1.51. The van der Waals surface area contributed by atoms with Crippen molar-refractivity contribution in [2.24, 2.45) is 0 Å². The Labute approximate surface area is 127 Å². The number of esters is 1. The summed E-state index contributed by atoms with van der Waals surface area (Å²) in [5.41, 5.74) is 1.06. The average Bonchev–Trinajstić information content (AvgIpc) is 2.84. The highest BCUT2D eigenvalue weighted by atomic mass is 35.5. The molecule has 0 atom stereocenters. The minimum atomic E-state index is -4.53. The summed E-state index contributed by atoms with van der Waals surface area (Å²) in [5, 5.41) is 2.70. The van der Waals surface area contributed by atoms with Gasteiger partial charge in [-0.2, -0.15) is 13.2 Å². The zero-order valence-electron chi connectivity index (χ0n) is 10.5. The van der Waals surface area contributed by atoms with Gasteiger partial charge >= 0.3 is 12.1 Å². The number of ether oxygens (including phenoxy) is 1. The van der Waals surface area contributed by atoms with Crippen LogP contribution in [0.15, 0.2) is 29.6 Å². The van der Waals surface area contributed by atoms with Crippen LogP contribution < -0.4 is 0 Å². The van der Waals surface area contributed by atoms with Gasteiger partial charge in [0.25, 0.3) is 0 Å². The molecule has 0 aliphatic carbocycles. The van der Waals surface area contributed by atoms with Crippen molar-refractivity contribution in [2.75, 3.05) is 6.61 Å². The van der Waals surface area contributed by atoms with Gasteiger partial charge in [0.15, 0.2) is 6.61 Å². The summed E-state index contributed by atoms with van der Waals surface area (Å²) in [5.74, 6) is -0.969. The summed E-state index contributed by atoms with van der Waals surface area (Å²) in [6.45, 7) is -1.59. The van der Waals surface area contributed by atoms with E-state index in [1.54, 1.807) is 29.6 Å². The standard InChI is InChI=1S/C13H9ClF3NO2S/c14-10-4-2-1-3-9(10)12-18-8(6-21-12)5-11(19)20-7-13(15,16)17/h1-4,6H,5,7H2. The molecule has 8 heteroatoms. The lowest BCUT2D eigenvalue weighted by molar-refractivity contribution is -0.185. The number of aromatic nitrogens is 1. The molecule has 0 radical (unpaired) electrons. The van der Waals surface area contributed by atoms with E-state index >= 15 is 0 Å². The van der Waals surface area contributed by atoms with E-state index in [9.17, 15) is 18.0 Å². The molecule has 0 aliphatic heterocycles. The summed E-state index contributed by atoms with van der Waals surface area (Å²) in [7, 11) is 0. The van der Waals surface area contributed by atoms with E-state index in [4.69, 9.17) is 11.6 Å². The van der Waals surface area contributed by atoms with E-state index in [1.807, 2.05) is 0 Å². The van der Waals surface area contributed by atoms with Gasteiger partial charge in [0.2, 0.25) is 0 Å². The molecule has 1 aromatic carbocycles. The molecule has 1 aromatic heterocycles. The third-order valence-corrected chi connectivity index (χ3v) is 3.63. The van der Waals surface area contributed by atoms with Crippen molar-refractivity contribution in [3.05, 3.63) is 40.4 Å². The molecular formula is C13H9ClF3NO2S. The van der Waals surface area contributed by atoms with Crippen molar-refractivity contribution in [1.29, 1.82) is 0 Å². The first kappa shape index (κ1) is 15.8. The van der Waals surface area contributed by atoms with Gasteiger partial charge in [0.05, 0.1) is 17.1 Å². The van der Waals surface area contributed by atoms with E-state index in [0.29, 0.717) is 21.3 Å². The van der Waals surface area contributed by atoms with E-state index in [0.717, 1.165) is 0 Å². The summed E-state index contributed by atoms with van der Waals surface area (Å²) in [4.78, 5) is 15.5. The monoisotopic (exact) mass is 335 g/mol. The van der Waals surface area contributed by atoms with Crippen LogP contribution in [0.2, 0.25) is 5.02 Å².